The zero-order chi connectivity index (χ0) is 10.9. The smallest absolute Gasteiger partial charge is 0.259 e. The van der Waals surface area contributed by atoms with Crippen LogP contribution in [0.3, 0.4) is 0 Å². The fourth-order valence-corrected chi connectivity index (χ4v) is 3.31. The van der Waals surface area contributed by atoms with Crippen molar-refractivity contribution in [2.24, 2.45) is 5.92 Å². The highest BCUT2D eigenvalue weighted by molar-refractivity contribution is 7.89. The normalized spacial score (nSPS) is 23.4. The lowest BCUT2D eigenvalue weighted by molar-refractivity contribution is 0.450. The van der Waals surface area contributed by atoms with E-state index < -0.39 is 10.0 Å². The Kier molecular flexibility index (Phi) is 2.79. The number of hydrogen-bond acceptors (Lipinski definition) is 3. The van der Waals surface area contributed by atoms with Crippen LogP contribution >= 0.6 is 0 Å². The number of aromatic nitrogens is 2. The third kappa shape index (κ3) is 1.91. The van der Waals surface area contributed by atoms with Crippen LogP contribution in [0.4, 0.5) is 0 Å². The molecule has 1 saturated heterocycles. The number of H-pyrrole nitrogens is 1. The molecule has 2 rings (SSSR count). The van der Waals surface area contributed by atoms with Crippen LogP contribution in [0.15, 0.2) is 17.3 Å². The third-order valence-corrected chi connectivity index (χ3v) is 4.71. The summed E-state index contributed by atoms with van der Waals surface area (Å²) in [6, 6.07) is 1.49. The van der Waals surface area contributed by atoms with Crippen molar-refractivity contribution >= 4 is 10.0 Å². The molecular formula is C9H15N3O2S. The van der Waals surface area contributed by atoms with E-state index in [1.807, 2.05) is 0 Å². The Balaban J connectivity index is 2.18. The van der Waals surface area contributed by atoms with Crippen LogP contribution < -0.4 is 0 Å². The molecule has 1 aliphatic rings. The monoisotopic (exact) mass is 229 g/mol. The van der Waals surface area contributed by atoms with E-state index in [4.69, 9.17) is 0 Å². The number of rotatable bonds is 3. The van der Waals surface area contributed by atoms with Gasteiger partial charge in [-0.05, 0) is 18.4 Å². The number of nitrogens with one attached hydrogen (secondary N) is 1. The lowest BCUT2D eigenvalue weighted by atomic mass is 10.1. The maximum Gasteiger partial charge on any atom is 0.259 e. The fraction of sp³-hybridized carbons (Fsp3) is 0.667. The zero-order valence-corrected chi connectivity index (χ0v) is 9.50. The molecule has 2 heterocycles. The van der Waals surface area contributed by atoms with Crippen molar-refractivity contribution in [3.8, 4) is 0 Å². The summed E-state index contributed by atoms with van der Waals surface area (Å²) in [4.78, 5) is 0. The lowest BCUT2D eigenvalue weighted by Gasteiger charge is -2.14. The number of hydrogen-bond donors (Lipinski definition) is 1. The van der Waals surface area contributed by atoms with E-state index in [1.54, 1.807) is 0 Å². The molecule has 6 heteroatoms. The Morgan fingerprint density at radius 3 is 3.00 bits per heavy atom. The predicted octanol–water partition coefficient (Wildman–Crippen LogP) is 0.830. The predicted molar refractivity (Wildman–Crippen MR) is 55.7 cm³/mol. The fourth-order valence-electron chi connectivity index (χ4n) is 1.87. The summed E-state index contributed by atoms with van der Waals surface area (Å²) in [5, 5.41) is 6.37. The average Bonchev–Trinajstić information content (AvgIpc) is 2.89. The van der Waals surface area contributed by atoms with Gasteiger partial charge in [0.2, 0.25) is 0 Å². The molecule has 0 radical (unpaired) electrons. The van der Waals surface area contributed by atoms with Gasteiger partial charge < -0.3 is 0 Å². The minimum Gasteiger partial charge on any atom is -0.266 e. The maximum atomic E-state index is 12.0. The molecule has 0 bridgehead atoms. The summed E-state index contributed by atoms with van der Waals surface area (Å²) in [5.74, 6) is 0.502. The van der Waals surface area contributed by atoms with Crippen molar-refractivity contribution in [3.05, 3.63) is 12.3 Å². The summed E-state index contributed by atoms with van der Waals surface area (Å²) in [5.41, 5.74) is 0. The van der Waals surface area contributed by atoms with Crippen molar-refractivity contribution in [1.82, 2.24) is 14.5 Å². The lowest BCUT2D eigenvalue weighted by Crippen LogP contribution is -2.29. The molecular weight excluding hydrogens is 214 g/mol. The van der Waals surface area contributed by atoms with E-state index >= 15 is 0 Å². The largest absolute Gasteiger partial charge is 0.266 e. The molecule has 0 amide bonds. The van der Waals surface area contributed by atoms with Gasteiger partial charge >= 0.3 is 0 Å². The first kappa shape index (κ1) is 10.6. The van der Waals surface area contributed by atoms with E-state index in [2.05, 4.69) is 17.1 Å². The molecule has 0 saturated carbocycles. The van der Waals surface area contributed by atoms with E-state index in [1.165, 1.54) is 16.6 Å². The summed E-state index contributed by atoms with van der Waals surface area (Å²) in [7, 11) is -3.32. The van der Waals surface area contributed by atoms with Gasteiger partial charge in [-0.2, -0.15) is 9.40 Å². The maximum absolute atomic E-state index is 12.0. The second-order valence-electron chi connectivity index (χ2n) is 3.85. The van der Waals surface area contributed by atoms with Crippen molar-refractivity contribution in [2.45, 2.75) is 24.8 Å². The van der Waals surface area contributed by atoms with E-state index in [0.717, 1.165) is 12.8 Å². The Morgan fingerprint density at radius 2 is 2.47 bits per heavy atom. The number of nitrogens with zero attached hydrogens (tertiary/aromatic N) is 2. The Labute approximate surface area is 89.5 Å². The van der Waals surface area contributed by atoms with Crippen LogP contribution in [0, 0.1) is 5.92 Å². The van der Waals surface area contributed by atoms with Crippen LogP contribution in [0.5, 0.6) is 0 Å². The minimum atomic E-state index is -3.32. The van der Waals surface area contributed by atoms with Crippen molar-refractivity contribution in [3.63, 3.8) is 0 Å². The van der Waals surface area contributed by atoms with E-state index in [0.29, 0.717) is 19.0 Å². The summed E-state index contributed by atoms with van der Waals surface area (Å²) < 4.78 is 25.6. The molecule has 1 unspecified atom stereocenters. The number of aromatic amines is 1. The van der Waals surface area contributed by atoms with Gasteiger partial charge in [0, 0.05) is 13.1 Å². The van der Waals surface area contributed by atoms with Crippen LogP contribution in [0.2, 0.25) is 0 Å². The molecule has 1 aliphatic heterocycles. The molecule has 84 valence electrons. The summed E-state index contributed by atoms with van der Waals surface area (Å²) in [6.45, 7) is 3.36. The van der Waals surface area contributed by atoms with Crippen LogP contribution in [0.1, 0.15) is 19.8 Å². The SMILES string of the molecule is CCC1CCN(S(=O)(=O)c2ccn[nH]2)C1. The van der Waals surface area contributed by atoms with E-state index in [-0.39, 0.29) is 5.03 Å². The highest BCUT2D eigenvalue weighted by Gasteiger charge is 2.32. The minimum absolute atomic E-state index is 0.194. The highest BCUT2D eigenvalue weighted by Crippen LogP contribution is 2.24. The molecule has 1 aromatic rings. The van der Waals surface area contributed by atoms with Gasteiger partial charge in [0.1, 0.15) is 0 Å². The van der Waals surface area contributed by atoms with Gasteiger partial charge in [-0.3, -0.25) is 5.10 Å². The second kappa shape index (κ2) is 3.94. The zero-order valence-electron chi connectivity index (χ0n) is 8.68. The van der Waals surface area contributed by atoms with E-state index in [9.17, 15) is 8.42 Å². The van der Waals surface area contributed by atoms with Crippen molar-refractivity contribution < 1.29 is 8.42 Å². The highest BCUT2D eigenvalue weighted by atomic mass is 32.2. The molecule has 0 aliphatic carbocycles. The van der Waals surface area contributed by atoms with Gasteiger partial charge in [-0.15, -0.1) is 0 Å². The molecule has 1 aromatic heterocycles. The molecule has 15 heavy (non-hydrogen) atoms. The van der Waals surface area contributed by atoms with Gasteiger partial charge in [0.15, 0.2) is 5.03 Å². The van der Waals surface area contributed by atoms with Crippen molar-refractivity contribution in [2.75, 3.05) is 13.1 Å². The molecule has 1 N–H and O–H groups in total. The van der Waals surface area contributed by atoms with Gasteiger partial charge in [0.25, 0.3) is 10.0 Å². The van der Waals surface area contributed by atoms with Crippen LogP contribution in [-0.4, -0.2) is 36.0 Å². The van der Waals surface area contributed by atoms with Gasteiger partial charge in [-0.1, -0.05) is 13.3 Å². The summed E-state index contributed by atoms with van der Waals surface area (Å²) >= 11 is 0. The first-order chi connectivity index (χ1) is 7.14. The molecule has 1 fully saturated rings. The molecule has 0 spiro atoms. The second-order valence-corrected chi connectivity index (χ2v) is 5.75. The molecule has 5 nitrogen and oxygen atoms in total. The first-order valence-electron chi connectivity index (χ1n) is 5.14. The molecule has 1 atom stereocenters. The van der Waals surface area contributed by atoms with Crippen molar-refractivity contribution in [1.29, 1.82) is 0 Å². The van der Waals surface area contributed by atoms with Crippen LogP contribution in [0.25, 0.3) is 0 Å². The number of sulfonamides is 1. The Morgan fingerprint density at radius 1 is 1.67 bits per heavy atom. The molecule has 0 aromatic carbocycles. The standard InChI is InChI=1S/C9H15N3O2S/c1-2-8-4-6-12(7-8)15(13,14)9-3-5-10-11-9/h3,5,8H,2,4,6-7H2,1H3,(H,10,11). The Hall–Kier alpha value is -0.880. The van der Waals surface area contributed by atoms with Crippen LogP contribution in [-0.2, 0) is 10.0 Å². The van der Waals surface area contributed by atoms with Gasteiger partial charge in [0.05, 0.1) is 6.20 Å². The third-order valence-electron chi connectivity index (χ3n) is 2.92. The topological polar surface area (TPSA) is 66.1 Å². The summed E-state index contributed by atoms with van der Waals surface area (Å²) in [6.07, 6.45) is 3.46. The quantitative estimate of drug-likeness (QED) is 0.835. The van der Waals surface area contributed by atoms with Gasteiger partial charge in [-0.25, -0.2) is 8.42 Å². The average molecular weight is 229 g/mol. The first-order valence-corrected chi connectivity index (χ1v) is 6.58. The Bertz CT molecular complexity index is 413.